The molecule has 1 aromatic rings. The normalized spacial score (nSPS) is 9.67. The van der Waals surface area contributed by atoms with Crippen molar-refractivity contribution < 1.29 is 9.59 Å². The number of primary amides is 1. The highest BCUT2D eigenvalue weighted by Gasteiger charge is 2.10. The van der Waals surface area contributed by atoms with E-state index in [1.165, 1.54) is 12.3 Å². The Balaban J connectivity index is 2.81. The molecule has 15 heavy (non-hydrogen) atoms. The lowest BCUT2D eigenvalue weighted by Gasteiger charge is -2.05. The molecule has 80 valence electrons. The molecule has 1 rings (SSSR count). The summed E-state index contributed by atoms with van der Waals surface area (Å²) in [6.45, 7) is 1.48. The van der Waals surface area contributed by atoms with Crippen LogP contribution in [0, 0.1) is 6.92 Å². The number of anilines is 1. The second kappa shape index (κ2) is 4.41. The van der Waals surface area contributed by atoms with E-state index in [2.05, 4.69) is 10.3 Å². The molecule has 0 aliphatic heterocycles. The second-order valence-electron chi connectivity index (χ2n) is 3.05. The molecule has 2 amide bonds. The average molecular weight is 208 g/mol. The van der Waals surface area contributed by atoms with Gasteiger partial charge in [-0.3, -0.25) is 14.6 Å². The van der Waals surface area contributed by atoms with Gasteiger partial charge >= 0.3 is 0 Å². The number of carbonyl (C=O) groups is 2. The van der Waals surface area contributed by atoms with E-state index >= 15 is 0 Å². The maximum atomic E-state index is 11.5. The number of hydrogen-bond donors (Lipinski definition) is 3. The fraction of sp³-hybridized carbons (Fsp3) is 0.222. The van der Waals surface area contributed by atoms with Crippen LogP contribution in [-0.4, -0.2) is 23.3 Å². The molecule has 0 aliphatic rings. The van der Waals surface area contributed by atoms with Crippen LogP contribution in [-0.2, 0) is 4.79 Å². The van der Waals surface area contributed by atoms with Crippen molar-refractivity contribution >= 4 is 17.5 Å². The Kier molecular flexibility index (Phi) is 3.22. The first-order valence-electron chi connectivity index (χ1n) is 4.29. The number of hydrogen-bond acceptors (Lipinski definition) is 4. The SMILES string of the molecule is Cc1ncc(N)cc1C(=O)NCC(N)=O. The van der Waals surface area contributed by atoms with E-state index in [4.69, 9.17) is 11.5 Å². The number of nitrogens with one attached hydrogen (secondary N) is 1. The van der Waals surface area contributed by atoms with Crippen LogP contribution in [0.4, 0.5) is 5.69 Å². The number of aryl methyl sites for hydroxylation is 1. The maximum absolute atomic E-state index is 11.5. The third-order valence-corrected chi connectivity index (χ3v) is 1.78. The molecule has 0 fully saturated rings. The molecule has 0 saturated heterocycles. The zero-order valence-corrected chi connectivity index (χ0v) is 8.28. The summed E-state index contributed by atoms with van der Waals surface area (Å²) in [4.78, 5) is 25.9. The van der Waals surface area contributed by atoms with E-state index in [0.29, 0.717) is 16.9 Å². The topological polar surface area (TPSA) is 111 Å². The molecule has 1 aromatic heterocycles. The van der Waals surface area contributed by atoms with E-state index in [9.17, 15) is 9.59 Å². The van der Waals surface area contributed by atoms with Crippen LogP contribution in [0.3, 0.4) is 0 Å². The molecule has 5 N–H and O–H groups in total. The van der Waals surface area contributed by atoms with Crippen LogP contribution in [0.15, 0.2) is 12.3 Å². The number of nitrogens with zero attached hydrogens (tertiary/aromatic N) is 1. The third kappa shape index (κ3) is 2.94. The van der Waals surface area contributed by atoms with Crippen LogP contribution in [0.5, 0.6) is 0 Å². The molecule has 6 heteroatoms. The van der Waals surface area contributed by atoms with E-state index in [1.54, 1.807) is 6.92 Å². The number of nitrogens with two attached hydrogens (primary N) is 2. The van der Waals surface area contributed by atoms with Crippen molar-refractivity contribution in [2.45, 2.75) is 6.92 Å². The Labute approximate surface area is 86.7 Å². The molecule has 0 unspecified atom stereocenters. The third-order valence-electron chi connectivity index (χ3n) is 1.78. The van der Waals surface area contributed by atoms with Crippen LogP contribution in [0.25, 0.3) is 0 Å². The summed E-state index contributed by atoms with van der Waals surface area (Å²) in [5, 5.41) is 2.36. The van der Waals surface area contributed by atoms with Crippen LogP contribution in [0.2, 0.25) is 0 Å². The quantitative estimate of drug-likeness (QED) is 0.603. The van der Waals surface area contributed by atoms with Gasteiger partial charge in [-0.2, -0.15) is 0 Å². The Morgan fingerprint density at radius 1 is 1.53 bits per heavy atom. The zero-order valence-electron chi connectivity index (χ0n) is 8.28. The van der Waals surface area contributed by atoms with Gasteiger partial charge in [0.25, 0.3) is 5.91 Å². The molecule has 0 atom stereocenters. The molecule has 0 aromatic carbocycles. The molecule has 0 bridgehead atoms. The molecule has 0 saturated carbocycles. The van der Waals surface area contributed by atoms with E-state index in [0.717, 1.165) is 0 Å². The first kappa shape index (κ1) is 11.0. The minimum atomic E-state index is -0.599. The van der Waals surface area contributed by atoms with E-state index < -0.39 is 11.8 Å². The average Bonchev–Trinajstić information content (AvgIpc) is 2.18. The fourth-order valence-electron chi connectivity index (χ4n) is 1.04. The zero-order chi connectivity index (χ0) is 11.4. The summed E-state index contributed by atoms with van der Waals surface area (Å²) in [6, 6.07) is 1.50. The van der Waals surface area contributed by atoms with Crippen LogP contribution in [0.1, 0.15) is 16.1 Å². The fourth-order valence-corrected chi connectivity index (χ4v) is 1.04. The molecule has 0 aliphatic carbocycles. The summed E-state index contributed by atoms with van der Waals surface area (Å²) in [5.74, 6) is -1.01. The van der Waals surface area contributed by atoms with Crippen molar-refractivity contribution in [3.8, 4) is 0 Å². The number of aromatic nitrogens is 1. The second-order valence-corrected chi connectivity index (χ2v) is 3.05. The smallest absolute Gasteiger partial charge is 0.253 e. The maximum Gasteiger partial charge on any atom is 0.253 e. The Hall–Kier alpha value is -2.11. The lowest BCUT2D eigenvalue weighted by atomic mass is 10.2. The highest BCUT2D eigenvalue weighted by Crippen LogP contribution is 2.08. The molecular formula is C9H12N4O2. The number of amides is 2. The lowest BCUT2D eigenvalue weighted by molar-refractivity contribution is -0.117. The lowest BCUT2D eigenvalue weighted by Crippen LogP contribution is -2.33. The summed E-state index contributed by atoms with van der Waals surface area (Å²) in [7, 11) is 0. The number of carbonyl (C=O) groups excluding carboxylic acids is 2. The van der Waals surface area contributed by atoms with Crippen molar-refractivity contribution in [3.63, 3.8) is 0 Å². The molecule has 6 nitrogen and oxygen atoms in total. The first-order valence-corrected chi connectivity index (χ1v) is 4.29. The van der Waals surface area contributed by atoms with Gasteiger partial charge in [-0.15, -0.1) is 0 Å². The Bertz CT molecular complexity index is 403. The van der Waals surface area contributed by atoms with Gasteiger partial charge in [0.2, 0.25) is 5.91 Å². The van der Waals surface area contributed by atoms with Crippen molar-refractivity contribution in [1.82, 2.24) is 10.3 Å². The van der Waals surface area contributed by atoms with Gasteiger partial charge in [0.15, 0.2) is 0 Å². The van der Waals surface area contributed by atoms with Crippen molar-refractivity contribution in [1.29, 1.82) is 0 Å². The van der Waals surface area contributed by atoms with Crippen LogP contribution < -0.4 is 16.8 Å². The van der Waals surface area contributed by atoms with Gasteiger partial charge in [-0.1, -0.05) is 0 Å². The molecule has 0 spiro atoms. The van der Waals surface area contributed by atoms with Crippen LogP contribution >= 0.6 is 0 Å². The summed E-state index contributed by atoms with van der Waals surface area (Å²) < 4.78 is 0. The number of nitrogen functional groups attached to an aromatic ring is 1. The largest absolute Gasteiger partial charge is 0.397 e. The monoisotopic (exact) mass is 208 g/mol. The highest BCUT2D eigenvalue weighted by atomic mass is 16.2. The number of pyridine rings is 1. The van der Waals surface area contributed by atoms with Gasteiger partial charge < -0.3 is 16.8 Å². The first-order chi connectivity index (χ1) is 7.00. The predicted octanol–water partition coefficient (Wildman–Crippen LogP) is -0.813. The van der Waals surface area contributed by atoms with Gasteiger partial charge in [-0.05, 0) is 13.0 Å². The molecule has 1 heterocycles. The summed E-state index contributed by atoms with van der Waals surface area (Å²) >= 11 is 0. The van der Waals surface area contributed by atoms with Crippen molar-refractivity contribution in [2.75, 3.05) is 12.3 Å². The molecular weight excluding hydrogens is 196 g/mol. The standard InChI is InChI=1S/C9H12N4O2/c1-5-7(2-6(10)3-12-5)9(15)13-4-8(11)14/h2-3H,4,10H2,1H3,(H2,11,14)(H,13,15). The van der Waals surface area contributed by atoms with E-state index in [1.807, 2.05) is 0 Å². The minimum Gasteiger partial charge on any atom is -0.397 e. The van der Waals surface area contributed by atoms with Gasteiger partial charge in [0.1, 0.15) is 0 Å². The van der Waals surface area contributed by atoms with Gasteiger partial charge in [0.05, 0.1) is 29.7 Å². The van der Waals surface area contributed by atoms with E-state index in [-0.39, 0.29) is 6.54 Å². The predicted molar refractivity (Wildman–Crippen MR) is 54.9 cm³/mol. The van der Waals surface area contributed by atoms with Gasteiger partial charge in [0, 0.05) is 0 Å². The Morgan fingerprint density at radius 3 is 2.80 bits per heavy atom. The number of rotatable bonds is 3. The molecule has 0 radical (unpaired) electrons. The summed E-state index contributed by atoms with van der Waals surface area (Å²) in [6.07, 6.45) is 1.46. The van der Waals surface area contributed by atoms with Crippen molar-refractivity contribution in [3.05, 3.63) is 23.5 Å². The minimum absolute atomic E-state index is 0.201. The van der Waals surface area contributed by atoms with Gasteiger partial charge in [-0.25, -0.2) is 0 Å². The Morgan fingerprint density at radius 2 is 2.20 bits per heavy atom. The summed E-state index contributed by atoms with van der Waals surface area (Å²) in [5.41, 5.74) is 11.7. The highest BCUT2D eigenvalue weighted by molar-refractivity contribution is 5.97. The van der Waals surface area contributed by atoms with Crippen molar-refractivity contribution in [2.24, 2.45) is 5.73 Å².